The maximum atomic E-state index is 13.3. The molecular formula is C29H35N9O4. The van der Waals surface area contributed by atoms with Gasteiger partial charge in [0, 0.05) is 69.1 Å². The molecule has 0 saturated carbocycles. The predicted molar refractivity (Wildman–Crippen MR) is 152 cm³/mol. The normalized spacial score (nSPS) is 20.2. The summed E-state index contributed by atoms with van der Waals surface area (Å²) in [5, 5.41) is 16.3. The molecule has 1 N–H and O–H groups in total. The maximum Gasteiger partial charge on any atom is 0.257 e. The molecule has 1 saturated heterocycles. The number of nitrogens with zero attached hydrogens (tertiary/aromatic N) is 8. The van der Waals surface area contributed by atoms with Crippen molar-refractivity contribution >= 4 is 17.5 Å². The second-order valence-corrected chi connectivity index (χ2v) is 11.1. The van der Waals surface area contributed by atoms with Crippen LogP contribution in [0.15, 0.2) is 36.7 Å². The van der Waals surface area contributed by atoms with Crippen molar-refractivity contribution in [2.24, 2.45) is 5.92 Å². The van der Waals surface area contributed by atoms with Gasteiger partial charge in [-0.3, -0.25) is 14.5 Å². The molecule has 220 valence electrons. The van der Waals surface area contributed by atoms with E-state index in [2.05, 4.69) is 25.6 Å². The Morgan fingerprint density at radius 3 is 2.88 bits per heavy atom. The van der Waals surface area contributed by atoms with Crippen LogP contribution in [0.5, 0.6) is 11.5 Å². The highest BCUT2D eigenvalue weighted by Crippen LogP contribution is 2.34. The summed E-state index contributed by atoms with van der Waals surface area (Å²) in [6.07, 6.45) is 4.06. The van der Waals surface area contributed by atoms with Crippen LogP contribution in [0.2, 0.25) is 0 Å². The molecule has 3 aromatic heterocycles. The number of benzene rings is 1. The Labute approximate surface area is 243 Å². The summed E-state index contributed by atoms with van der Waals surface area (Å²) in [6, 6.07) is 7.16. The van der Waals surface area contributed by atoms with Gasteiger partial charge in [0.15, 0.2) is 17.1 Å². The number of carbonyl (C=O) groups is 2. The van der Waals surface area contributed by atoms with E-state index in [1.807, 2.05) is 41.5 Å². The second-order valence-electron chi connectivity index (χ2n) is 11.1. The Bertz CT molecular complexity index is 1630. The van der Waals surface area contributed by atoms with E-state index in [0.717, 1.165) is 22.6 Å². The van der Waals surface area contributed by atoms with Gasteiger partial charge in [-0.05, 0) is 32.0 Å². The number of aryl methyl sites for hydroxylation is 2. The van der Waals surface area contributed by atoms with Crippen LogP contribution >= 0.6 is 0 Å². The topological polar surface area (TPSA) is 132 Å². The molecule has 2 bridgehead atoms. The van der Waals surface area contributed by atoms with E-state index in [1.54, 1.807) is 30.1 Å². The van der Waals surface area contributed by atoms with Crippen LogP contribution in [0.25, 0.3) is 5.65 Å². The van der Waals surface area contributed by atoms with Crippen molar-refractivity contribution < 1.29 is 19.1 Å². The number of methoxy groups -OCH3 is 1. The van der Waals surface area contributed by atoms with Crippen molar-refractivity contribution in [3.8, 4) is 11.5 Å². The number of carbonyl (C=O) groups excluding carboxylic acids is 2. The fraction of sp³-hybridized carbons (Fsp3) is 0.448. The number of rotatable bonds is 3. The van der Waals surface area contributed by atoms with Gasteiger partial charge in [0.1, 0.15) is 12.3 Å². The lowest BCUT2D eigenvalue weighted by Gasteiger charge is -2.21. The minimum absolute atomic E-state index is 0.00632. The summed E-state index contributed by atoms with van der Waals surface area (Å²) >= 11 is 0. The molecule has 4 aromatic rings. The van der Waals surface area contributed by atoms with E-state index in [9.17, 15) is 9.59 Å². The first-order chi connectivity index (χ1) is 20.3. The number of likely N-dealkylation sites (N-methyl/N-ethyl adjacent to an activating group) is 1. The zero-order valence-electron chi connectivity index (χ0n) is 24.3. The van der Waals surface area contributed by atoms with E-state index >= 15 is 0 Å². The number of amides is 2. The van der Waals surface area contributed by atoms with Gasteiger partial charge in [0.2, 0.25) is 5.91 Å². The van der Waals surface area contributed by atoms with Crippen LogP contribution in [0.3, 0.4) is 0 Å². The van der Waals surface area contributed by atoms with E-state index in [0.29, 0.717) is 61.9 Å². The zero-order chi connectivity index (χ0) is 29.4. The molecule has 2 amide bonds. The standard InChI is InChI=1S/C29H35N9O4/c1-18-10-19(2)38-28(32-18)21(12-31-38)14-36-13-20-11-26(39)30-8-9-35(3)29(40)23-6-5-7-25(41-4)27(23)42-17-22-15-37(34-33-22)24(20)16-36/h5-7,10,12,15,20,24H,8-9,11,13-14,16-17H2,1-4H3,(H,30,39)/t20-,24+/m0/s1. The molecule has 1 fully saturated rings. The molecule has 5 heterocycles. The molecule has 13 nitrogen and oxygen atoms in total. The third-order valence-electron chi connectivity index (χ3n) is 7.98. The molecule has 13 heteroatoms. The summed E-state index contributed by atoms with van der Waals surface area (Å²) in [4.78, 5) is 35.0. The van der Waals surface area contributed by atoms with Crippen molar-refractivity contribution in [1.29, 1.82) is 0 Å². The molecule has 2 aliphatic heterocycles. The molecule has 2 aliphatic rings. The van der Waals surface area contributed by atoms with Crippen LogP contribution in [-0.4, -0.2) is 91.5 Å². The molecule has 0 unspecified atom stereocenters. The van der Waals surface area contributed by atoms with Gasteiger partial charge in [-0.2, -0.15) is 5.10 Å². The Morgan fingerprint density at radius 2 is 2.05 bits per heavy atom. The number of fused-ring (bicyclic) bond motifs is 6. The van der Waals surface area contributed by atoms with Gasteiger partial charge < -0.3 is 19.7 Å². The summed E-state index contributed by atoms with van der Waals surface area (Å²) < 4.78 is 15.3. The number of hydrogen-bond acceptors (Lipinski definition) is 9. The lowest BCUT2D eigenvalue weighted by molar-refractivity contribution is -0.122. The van der Waals surface area contributed by atoms with Crippen LogP contribution in [0.4, 0.5) is 0 Å². The van der Waals surface area contributed by atoms with Crippen LogP contribution in [0.1, 0.15) is 45.5 Å². The average molecular weight is 574 g/mol. The molecule has 0 spiro atoms. The summed E-state index contributed by atoms with van der Waals surface area (Å²) in [5.41, 5.74) is 4.86. The van der Waals surface area contributed by atoms with Gasteiger partial charge >= 0.3 is 0 Å². The summed E-state index contributed by atoms with van der Waals surface area (Å²) in [7, 11) is 3.24. The number of nitrogens with one attached hydrogen (secondary N) is 1. The van der Waals surface area contributed by atoms with Crippen LogP contribution in [-0.2, 0) is 17.9 Å². The highest BCUT2D eigenvalue weighted by atomic mass is 16.5. The van der Waals surface area contributed by atoms with Gasteiger partial charge in [-0.25, -0.2) is 14.2 Å². The van der Waals surface area contributed by atoms with E-state index in [-0.39, 0.29) is 30.4 Å². The van der Waals surface area contributed by atoms with Crippen molar-refractivity contribution in [2.75, 3.05) is 40.3 Å². The van der Waals surface area contributed by atoms with Gasteiger partial charge in [-0.15, -0.1) is 5.10 Å². The fourth-order valence-electron chi connectivity index (χ4n) is 5.90. The molecule has 2 atom stereocenters. The zero-order valence-corrected chi connectivity index (χ0v) is 24.3. The van der Waals surface area contributed by atoms with E-state index in [1.165, 1.54) is 7.11 Å². The van der Waals surface area contributed by atoms with Gasteiger partial charge in [0.25, 0.3) is 5.91 Å². The average Bonchev–Trinajstić information content (AvgIpc) is 3.70. The first-order valence-corrected chi connectivity index (χ1v) is 14.1. The maximum absolute atomic E-state index is 13.3. The number of hydrogen-bond donors (Lipinski definition) is 1. The van der Waals surface area contributed by atoms with Gasteiger partial charge in [-0.1, -0.05) is 11.3 Å². The van der Waals surface area contributed by atoms with E-state index < -0.39 is 0 Å². The minimum Gasteiger partial charge on any atom is -0.493 e. The Balaban J connectivity index is 1.27. The SMILES string of the molecule is COc1cccc2c1OCc1cn(nn1)[C@@H]1CN(Cc3cnn4c(C)cc(C)nc34)C[C@@H]1CC(=O)NCCN(C)C2=O. The molecule has 42 heavy (non-hydrogen) atoms. The molecule has 6 rings (SSSR count). The smallest absolute Gasteiger partial charge is 0.257 e. The third kappa shape index (κ3) is 5.39. The molecule has 1 aromatic carbocycles. The second kappa shape index (κ2) is 11.4. The number of para-hydroxylation sites is 1. The van der Waals surface area contributed by atoms with Crippen molar-refractivity contribution in [3.63, 3.8) is 0 Å². The Morgan fingerprint density at radius 1 is 1.19 bits per heavy atom. The predicted octanol–water partition coefficient (Wildman–Crippen LogP) is 1.79. The van der Waals surface area contributed by atoms with Crippen LogP contribution in [0, 0.1) is 19.8 Å². The van der Waals surface area contributed by atoms with E-state index in [4.69, 9.17) is 14.5 Å². The summed E-state index contributed by atoms with van der Waals surface area (Å²) in [6.45, 7) is 6.86. The third-order valence-corrected chi connectivity index (χ3v) is 7.98. The number of likely N-dealkylation sites (tertiary alicyclic amines) is 1. The molecule has 0 radical (unpaired) electrons. The highest BCUT2D eigenvalue weighted by molar-refractivity contribution is 5.97. The van der Waals surface area contributed by atoms with Crippen molar-refractivity contribution in [3.05, 3.63) is 64.9 Å². The summed E-state index contributed by atoms with van der Waals surface area (Å²) in [5.74, 6) is 0.518. The largest absolute Gasteiger partial charge is 0.493 e. The molecule has 0 aliphatic carbocycles. The monoisotopic (exact) mass is 573 g/mol. The van der Waals surface area contributed by atoms with Gasteiger partial charge in [0.05, 0.1) is 31.1 Å². The Kier molecular flexibility index (Phi) is 7.50. The fourth-order valence-corrected chi connectivity index (χ4v) is 5.90. The Hall–Kier alpha value is -4.52. The minimum atomic E-state index is -0.229. The molecular weight excluding hydrogens is 538 g/mol. The van der Waals surface area contributed by atoms with Crippen molar-refractivity contribution in [2.45, 2.75) is 39.5 Å². The lowest BCUT2D eigenvalue weighted by Crippen LogP contribution is -2.37. The van der Waals surface area contributed by atoms with Crippen LogP contribution < -0.4 is 14.8 Å². The lowest BCUT2D eigenvalue weighted by atomic mass is 9.99. The number of ether oxygens (including phenoxy) is 2. The van der Waals surface area contributed by atoms with Crippen molar-refractivity contribution in [1.82, 2.24) is 44.7 Å². The highest BCUT2D eigenvalue weighted by Gasteiger charge is 2.37. The quantitative estimate of drug-likeness (QED) is 0.390. The number of aromatic nitrogens is 6. The first-order valence-electron chi connectivity index (χ1n) is 14.1. The first kappa shape index (κ1) is 27.6.